The molecular weight excluding hydrogens is 539 g/mol. The van der Waals surface area contributed by atoms with Crippen LogP contribution in [0.3, 0.4) is 0 Å². The van der Waals surface area contributed by atoms with E-state index in [9.17, 15) is 0 Å². The van der Waals surface area contributed by atoms with Crippen molar-refractivity contribution in [2.45, 2.75) is 39.0 Å². The number of rotatable bonds is 5. The maximum Gasteiger partial charge on any atom is -0.147 e. The maximum atomic E-state index is 6.68. The molecule has 2 aromatic carbocycles. The smallest absolute Gasteiger partial charge is 0.147 e. The second kappa shape index (κ2) is 8.99. The van der Waals surface area contributed by atoms with Gasteiger partial charge in [0.1, 0.15) is 0 Å². The van der Waals surface area contributed by atoms with E-state index in [4.69, 9.17) is 9.16 Å². The molecule has 0 unspecified atom stereocenters. The molecular formula is C24H34Cl2O2Si2Zr. The number of ether oxygens (including phenoxy) is 1. The van der Waals surface area contributed by atoms with Crippen molar-refractivity contribution >= 4 is 40.0 Å². The summed E-state index contributed by atoms with van der Waals surface area (Å²) in [5.41, 5.74) is 5.83. The normalized spacial score (nSPS) is 16.0. The van der Waals surface area contributed by atoms with Crippen molar-refractivity contribution in [2.24, 2.45) is 0 Å². The molecule has 0 bridgehead atoms. The van der Waals surface area contributed by atoms with Crippen LogP contribution in [0, 0.1) is 0 Å². The van der Waals surface area contributed by atoms with Crippen molar-refractivity contribution in [3.8, 4) is 11.1 Å². The third kappa shape index (κ3) is 4.59. The minimum atomic E-state index is -3.51. The Kier molecular flexibility index (Phi) is 7.73. The quantitative estimate of drug-likeness (QED) is 0.362. The van der Waals surface area contributed by atoms with Crippen molar-refractivity contribution in [1.29, 1.82) is 0 Å². The van der Waals surface area contributed by atoms with Crippen molar-refractivity contribution in [1.82, 2.24) is 0 Å². The Labute approximate surface area is 202 Å². The van der Waals surface area contributed by atoms with E-state index in [2.05, 4.69) is 90.4 Å². The third-order valence-electron chi connectivity index (χ3n) is 6.37. The number of fused-ring (bicyclic) bond motifs is 3. The molecule has 0 aromatic heterocycles. The molecule has 0 fully saturated rings. The van der Waals surface area contributed by atoms with Gasteiger partial charge in [-0.15, -0.1) is 24.8 Å². The molecule has 2 nitrogen and oxygen atoms in total. The number of methoxy groups -OCH3 is 1. The van der Waals surface area contributed by atoms with Gasteiger partial charge in [0, 0.05) is 0 Å². The summed E-state index contributed by atoms with van der Waals surface area (Å²) in [6.07, 6.45) is 3.21. The molecule has 0 aliphatic heterocycles. The van der Waals surface area contributed by atoms with Crippen LogP contribution in [0.25, 0.3) is 11.1 Å². The van der Waals surface area contributed by atoms with Crippen LogP contribution in [-0.4, -0.2) is 22.3 Å². The number of hydrogen-bond donors (Lipinski definition) is 0. The van der Waals surface area contributed by atoms with Crippen molar-refractivity contribution in [3.05, 3.63) is 80.5 Å². The van der Waals surface area contributed by atoms with Gasteiger partial charge in [-0.05, 0) is 0 Å². The van der Waals surface area contributed by atoms with Gasteiger partial charge in [0.2, 0.25) is 0 Å². The summed E-state index contributed by atoms with van der Waals surface area (Å²) in [4.78, 5) is 0. The van der Waals surface area contributed by atoms with Gasteiger partial charge in [-0.2, -0.15) is 0 Å². The Hall–Kier alpha value is -0.583. The Balaban J connectivity index is 0.00000171. The largest absolute Gasteiger partial charge is 0.147 e. The summed E-state index contributed by atoms with van der Waals surface area (Å²) in [7, 11) is 0.0146. The van der Waals surface area contributed by atoms with E-state index >= 15 is 0 Å². The van der Waals surface area contributed by atoms with Crippen molar-refractivity contribution in [3.63, 3.8) is 0 Å². The molecule has 2 aliphatic carbocycles. The number of halogens is 2. The molecule has 7 heteroatoms. The summed E-state index contributed by atoms with van der Waals surface area (Å²) >= 11 is -3.51. The zero-order valence-electron chi connectivity index (χ0n) is 19.3. The molecule has 0 N–H and O–H groups in total. The van der Waals surface area contributed by atoms with Crippen molar-refractivity contribution in [2.75, 3.05) is 7.11 Å². The Morgan fingerprint density at radius 2 is 1.39 bits per heavy atom. The van der Waals surface area contributed by atoms with Crippen LogP contribution < -0.4 is 0 Å². The van der Waals surface area contributed by atoms with E-state index in [1.807, 2.05) is 0 Å². The number of allylic oxidation sites excluding steroid dienone is 2. The predicted molar refractivity (Wildman–Crippen MR) is 140 cm³/mol. The van der Waals surface area contributed by atoms with Gasteiger partial charge in [0.25, 0.3) is 0 Å². The summed E-state index contributed by atoms with van der Waals surface area (Å²) in [6, 6.07) is 18.0. The molecule has 2 aliphatic rings. The fourth-order valence-electron chi connectivity index (χ4n) is 5.16. The first-order valence-electron chi connectivity index (χ1n) is 10.4. The first-order chi connectivity index (χ1) is 13.5. The third-order valence-corrected chi connectivity index (χ3v) is 24.1. The van der Waals surface area contributed by atoms with Gasteiger partial charge >= 0.3 is 179 Å². The summed E-state index contributed by atoms with van der Waals surface area (Å²) in [6.45, 7) is 9.10. The van der Waals surface area contributed by atoms with Crippen LogP contribution >= 0.6 is 24.8 Å². The van der Waals surface area contributed by atoms with Crippen LogP contribution in [0.15, 0.2) is 69.4 Å². The average molecular weight is 573 g/mol. The van der Waals surface area contributed by atoms with Crippen LogP contribution in [-0.2, 0) is 26.6 Å². The van der Waals surface area contributed by atoms with E-state index in [0.717, 1.165) is 17.9 Å². The molecule has 2 aromatic rings. The molecule has 168 valence electrons. The van der Waals surface area contributed by atoms with Gasteiger partial charge in [-0.3, -0.25) is 0 Å². The van der Waals surface area contributed by atoms with Gasteiger partial charge in [0.05, 0.1) is 0 Å². The second-order valence-electron chi connectivity index (χ2n) is 10.4. The van der Waals surface area contributed by atoms with Crippen LogP contribution in [0.4, 0.5) is 0 Å². The first kappa shape index (κ1) is 26.7. The second-order valence-corrected chi connectivity index (χ2v) is 44.4. The van der Waals surface area contributed by atoms with E-state index in [-0.39, 0.29) is 24.8 Å². The molecule has 0 atom stereocenters. The maximum absolute atomic E-state index is 6.68. The van der Waals surface area contributed by atoms with E-state index in [1.165, 1.54) is 22.3 Å². The van der Waals surface area contributed by atoms with E-state index < -0.39 is 25.7 Å². The topological polar surface area (TPSA) is 18.5 Å². The van der Waals surface area contributed by atoms with Gasteiger partial charge in [0.15, 0.2) is 0 Å². The van der Waals surface area contributed by atoms with Crippen molar-refractivity contribution < 1.29 is 26.6 Å². The fourth-order valence-corrected chi connectivity index (χ4v) is 21.8. The Morgan fingerprint density at radius 1 is 0.903 bits per heavy atom. The first-order valence-corrected chi connectivity index (χ1v) is 27.3. The summed E-state index contributed by atoms with van der Waals surface area (Å²) < 4.78 is 19.7. The zero-order chi connectivity index (χ0) is 21.1. The minimum absolute atomic E-state index is 0. The SMILES string of the molecule is COC1=CC[C]([Zr]([CH3])([CH3])(=[SiH2])[CH]2c3ccccc3-c3ccccc32)=C1O[Si](C)(C)C.Cl.Cl. The molecule has 0 heterocycles. The number of benzene rings is 2. The summed E-state index contributed by atoms with van der Waals surface area (Å²) in [5, 5.41) is 0. The molecule has 0 spiro atoms. The van der Waals surface area contributed by atoms with Gasteiger partial charge < -0.3 is 0 Å². The standard InChI is InChI=1S/C13H9.C9H15O2Si.2CH3.2ClH.H2Si.Zr/c1-3-7-12-10(5-1)9-11-6-2-4-8-13(11)12;1-10-8-6-5-7-9(8)11-12(2,3)4;;;;;;/h1-9H;6H,5H2,1-4H3;2*1H3;2*1H;1H2;. The van der Waals surface area contributed by atoms with E-state index in [1.54, 1.807) is 10.4 Å². The fraction of sp³-hybridized carbons (Fsp3) is 0.333. The molecule has 31 heavy (non-hydrogen) atoms. The Morgan fingerprint density at radius 3 is 1.84 bits per heavy atom. The molecule has 0 saturated heterocycles. The Bertz CT molecular complexity index is 1080. The van der Waals surface area contributed by atoms with Crippen LogP contribution in [0.5, 0.6) is 0 Å². The summed E-state index contributed by atoms with van der Waals surface area (Å²) in [5.74, 6) is 2.01. The van der Waals surface area contributed by atoms with Gasteiger partial charge in [-0.1, -0.05) is 0 Å². The van der Waals surface area contributed by atoms with Gasteiger partial charge in [-0.25, -0.2) is 0 Å². The molecule has 0 amide bonds. The monoisotopic (exact) mass is 570 g/mol. The van der Waals surface area contributed by atoms with Crippen LogP contribution in [0.1, 0.15) is 21.2 Å². The number of hydrogen-bond acceptors (Lipinski definition) is 2. The molecule has 4 rings (SSSR count). The predicted octanol–water partition coefficient (Wildman–Crippen LogP) is 6.93. The zero-order valence-corrected chi connectivity index (χ0v) is 25.8. The minimum Gasteiger partial charge on any atom is -0.147 e. The van der Waals surface area contributed by atoms with E-state index in [0.29, 0.717) is 3.63 Å². The average Bonchev–Trinajstić information content (AvgIpc) is 3.19. The molecule has 0 saturated carbocycles. The van der Waals surface area contributed by atoms with Crippen LogP contribution in [0.2, 0.25) is 28.9 Å². The molecule has 0 radical (unpaired) electrons.